The first kappa shape index (κ1) is 16.4. The van der Waals surface area contributed by atoms with E-state index < -0.39 is 0 Å². The average Bonchev–Trinajstić information content (AvgIpc) is 3.00. The van der Waals surface area contributed by atoms with Crippen LogP contribution in [0.2, 0.25) is 0 Å². The van der Waals surface area contributed by atoms with E-state index in [2.05, 4.69) is 73.9 Å². The van der Waals surface area contributed by atoms with Crippen molar-refractivity contribution in [2.75, 3.05) is 13.2 Å². The molecular formula is C20H23N3O. The van der Waals surface area contributed by atoms with Gasteiger partial charge in [0.15, 0.2) is 0 Å². The fourth-order valence-electron chi connectivity index (χ4n) is 2.71. The molecule has 2 aromatic carbocycles. The van der Waals surface area contributed by atoms with E-state index in [1.807, 2.05) is 4.68 Å². The highest BCUT2D eigenvalue weighted by molar-refractivity contribution is 5.64. The number of rotatable bonds is 6. The molecule has 0 saturated heterocycles. The van der Waals surface area contributed by atoms with Gasteiger partial charge in [0.2, 0.25) is 0 Å². The minimum atomic E-state index is 0.131. The van der Waals surface area contributed by atoms with Crippen molar-refractivity contribution in [1.82, 2.24) is 15.1 Å². The number of hydrogen-bond donors (Lipinski definition) is 2. The second kappa shape index (κ2) is 7.43. The summed E-state index contributed by atoms with van der Waals surface area (Å²) in [5.41, 5.74) is 6.70. The molecule has 0 unspecified atom stereocenters. The molecule has 0 saturated carbocycles. The number of nitrogens with zero attached hydrogens (tertiary/aromatic N) is 2. The van der Waals surface area contributed by atoms with Gasteiger partial charge in [-0.15, -0.1) is 0 Å². The molecule has 0 amide bonds. The van der Waals surface area contributed by atoms with E-state index in [0.717, 1.165) is 22.5 Å². The maximum Gasteiger partial charge on any atom is 0.0972 e. The van der Waals surface area contributed by atoms with Crippen LogP contribution < -0.4 is 5.32 Å². The van der Waals surface area contributed by atoms with E-state index >= 15 is 0 Å². The van der Waals surface area contributed by atoms with Crippen LogP contribution in [0.25, 0.3) is 16.9 Å². The summed E-state index contributed by atoms with van der Waals surface area (Å²) in [7, 11) is 0. The van der Waals surface area contributed by atoms with Gasteiger partial charge in [0.1, 0.15) is 0 Å². The van der Waals surface area contributed by atoms with Crippen LogP contribution in [0.5, 0.6) is 0 Å². The zero-order valence-electron chi connectivity index (χ0n) is 14.2. The van der Waals surface area contributed by atoms with Crippen molar-refractivity contribution in [3.63, 3.8) is 0 Å². The molecule has 0 aliphatic heterocycles. The summed E-state index contributed by atoms with van der Waals surface area (Å²) in [6, 6.07) is 16.7. The summed E-state index contributed by atoms with van der Waals surface area (Å²) in [5, 5.41) is 17.1. The molecule has 3 aromatic rings. The number of benzene rings is 2. The molecule has 1 aromatic heterocycles. The van der Waals surface area contributed by atoms with Crippen LogP contribution in [0.4, 0.5) is 0 Å². The third kappa shape index (κ3) is 3.72. The highest BCUT2D eigenvalue weighted by Gasteiger charge is 2.12. The Balaban J connectivity index is 2.00. The lowest BCUT2D eigenvalue weighted by molar-refractivity contribution is 0.292. The molecular weight excluding hydrogens is 298 g/mol. The van der Waals surface area contributed by atoms with Gasteiger partial charge in [-0.2, -0.15) is 5.10 Å². The Morgan fingerprint density at radius 1 is 1.04 bits per heavy atom. The predicted molar refractivity (Wildman–Crippen MR) is 97.3 cm³/mol. The van der Waals surface area contributed by atoms with Gasteiger partial charge in [-0.05, 0) is 32.0 Å². The van der Waals surface area contributed by atoms with E-state index in [1.54, 1.807) is 0 Å². The van der Waals surface area contributed by atoms with Crippen LogP contribution in [0.3, 0.4) is 0 Å². The lowest BCUT2D eigenvalue weighted by atomic mass is 10.1. The molecule has 24 heavy (non-hydrogen) atoms. The number of hydrogen-bond acceptors (Lipinski definition) is 3. The smallest absolute Gasteiger partial charge is 0.0972 e. The van der Waals surface area contributed by atoms with E-state index in [-0.39, 0.29) is 6.61 Å². The second-order valence-corrected chi connectivity index (χ2v) is 6.05. The normalized spacial score (nSPS) is 11.0. The van der Waals surface area contributed by atoms with Crippen LogP contribution in [0, 0.1) is 13.8 Å². The topological polar surface area (TPSA) is 50.1 Å². The molecule has 3 rings (SSSR count). The van der Waals surface area contributed by atoms with Gasteiger partial charge >= 0.3 is 0 Å². The van der Waals surface area contributed by atoms with Crippen LogP contribution in [-0.4, -0.2) is 28.0 Å². The average molecular weight is 321 g/mol. The molecule has 4 nitrogen and oxygen atoms in total. The van der Waals surface area contributed by atoms with E-state index in [9.17, 15) is 0 Å². The van der Waals surface area contributed by atoms with Crippen LogP contribution in [0.15, 0.2) is 54.7 Å². The van der Waals surface area contributed by atoms with Gasteiger partial charge in [-0.25, -0.2) is 4.68 Å². The Hall–Kier alpha value is -2.43. The van der Waals surface area contributed by atoms with Gasteiger partial charge < -0.3 is 10.4 Å². The molecule has 2 N–H and O–H groups in total. The zero-order valence-corrected chi connectivity index (χ0v) is 14.2. The Morgan fingerprint density at radius 3 is 2.54 bits per heavy atom. The predicted octanol–water partition coefficient (Wildman–Crippen LogP) is 3.24. The first-order valence-corrected chi connectivity index (χ1v) is 8.21. The fraction of sp³-hybridized carbons (Fsp3) is 0.250. The van der Waals surface area contributed by atoms with Gasteiger partial charge in [-0.1, -0.05) is 41.5 Å². The van der Waals surface area contributed by atoms with Crippen molar-refractivity contribution in [1.29, 1.82) is 0 Å². The largest absolute Gasteiger partial charge is 0.395 e. The molecule has 4 heteroatoms. The Bertz CT molecular complexity index is 806. The molecule has 124 valence electrons. The lowest BCUT2D eigenvalue weighted by Crippen LogP contribution is -2.17. The number of nitrogens with one attached hydrogen (secondary N) is 1. The zero-order chi connectivity index (χ0) is 16.9. The van der Waals surface area contributed by atoms with E-state index in [0.29, 0.717) is 13.1 Å². The summed E-state index contributed by atoms with van der Waals surface area (Å²) < 4.78 is 1.92. The van der Waals surface area contributed by atoms with Crippen LogP contribution in [-0.2, 0) is 6.54 Å². The molecule has 0 aliphatic carbocycles. The molecule has 0 radical (unpaired) electrons. The van der Waals surface area contributed by atoms with Crippen LogP contribution in [0.1, 0.15) is 16.7 Å². The van der Waals surface area contributed by atoms with Crippen molar-refractivity contribution in [3.05, 3.63) is 71.4 Å². The summed E-state index contributed by atoms with van der Waals surface area (Å²) >= 11 is 0. The first-order valence-electron chi connectivity index (χ1n) is 8.21. The van der Waals surface area contributed by atoms with Crippen molar-refractivity contribution in [2.45, 2.75) is 20.4 Å². The lowest BCUT2D eigenvalue weighted by Gasteiger charge is -2.04. The molecule has 0 atom stereocenters. The summed E-state index contributed by atoms with van der Waals surface area (Å²) in [5.74, 6) is 0. The standard InChI is InChI=1S/C20H23N3O/c1-15-6-8-19(9-7-15)23-14-18(13-21-10-11-24)20(22-23)17-5-3-4-16(2)12-17/h3-9,12,14,21,24H,10-11,13H2,1-2H3. The van der Waals surface area contributed by atoms with Crippen molar-refractivity contribution in [2.24, 2.45) is 0 Å². The molecule has 0 bridgehead atoms. The SMILES string of the molecule is Cc1ccc(-n2cc(CNCCO)c(-c3cccc(C)c3)n2)cc1. The Morgan fingerprint density at radius 2 is 1.83 bits per heavy atom. The van der Waals surface area contributed by atoms with Crippen molar-refractivity contribution >= 4 is 0 Å². The van der Waals surface area contributed by atoms with Gasteiger partial charge in [0.25, 0.3) is 0 Å². The van der Waals surface area contributed by atoms with E-state index in [4.69, 9.17) is 10.2 Å². The minimum absolute atomic E-state index is 0.131. The highest BCUT2D eigenvalue weighted by Crippen LogP contribution is 2.24. The Kier molecular flexibility index (Phi) is 5.08. The fourth-order valence-corrected chi connectivity index (χ4v) is 2.71. The minimum Gasteiger partial charge on any atom is -0.395 e. The van der Waals surface area contributed by atoms with Crippen LogP contribution >= 0.6 is 0 Å². The number of aryl methyl sites for hydroxylation is 2. The number of aromatic nitrogens is 2. The highest BCUT2D eigenvalue weighted by atomic mass is 16.3. The van der Waals surface area contributed by atoms with Gasteiger partial charge in [0, 0.05) is 30.4 Å². The third-order valence-corrected chi connectivity index (χ3v) is 3.98. The third-order valence-electron chi connectivity index (χ3n) is 3.98. The quantitative estimate of drug-likeness (QED) is 0.685. The van der Waals surface area contributed by atoms with Crippen molar-refractivity contribution < 1.29 is 5.11 Å². The summed E-state index contributed by atoms with van der Waals surface area (Å²) in [4.78, 5) is 0. The molecule has 0 fully saturated rings. The maximum atomic E-state index is 8.99. The number of aliphatic hydroxyl groups is 1. The number of aliphatic hydroxyl groups excluding tert-OH is 1. The van der Waals surface area contributed by atoms with Gasteiger partial charge in [0.05, 0.1) is 18.0 Å². The molecule has 0 aliphatic rings. The van der Waals surface area contributed by atoms with Crippen molar-refractivity contribution in [3.8, 4) is 16.9 Å². The monoisotopic (exact) mass is 321 g/mol. The summed E-state index contributed by atoms with van der Waals surface area (Å²) in [6.45, 7) is 5.55. The Labute approximate surface area is 142 Å². The summed E-state index contributed by atoms with van der Waals surface area (Å²) in [6.07, 6.45) is 2.06. The maximum absolute atomic E-state index is 8.99. The molecule has 0 spiro atoms. The second-order valence-electron chi connectivity index (χ2n) is 6.05. The van der Waals surface area contributed by atoms with Gasteiger partial charge in [-0.3, -0.25) is 0 Å². The molecule has 1 heterocycles. The van der Waals surface area contributed by atoms with E-state index in [1.165, 1.54) is 11.1 Å². The first-order chi connectivity index (χ1) is 11.7.